The van der Waals surface area contributed by atoms with Gasteiger partial charge in [-0.15, -0.1) is 0 Å². The van der Waals surface area contributed by atoms with Crippen LogP contribution in [0, 0.1) is 0 Å². The molecule has 0 fully saturated rings. The normalized spacial score (nSPS) is 12.7. The van der Waals surface area contributed by atoms with Gasteiger partial charge in [0, 0.05) is 26.7 Å². The van der Waals surface area contributed by atoms with Crippen molar-refractivity contribution in [2.45, 2.75) is 6.10 Å². The summed E-state index contributed by atoms with van der Waals surface area (Å²) in [6, 6.07) is 10.2. The van der Waals surface area contributed by atoms with E-state index < -0.39 is 0 Å². The fraction of sp³-hybridized carbons (Fsp3) is 0.455. The highest BCUT2D eigenvalue weighted by Gasteiger charge is 2.08. The van der Waals surface area contributed by atoms with Crippen molar-refractivity contribution in [3.8, 4) is 0 Å². The van der Waals surface area contributed by atoms with E-state index in [0.29, 0.717) is 6.54 Å². The van der Waals surface area contributed by atoms with Gasteiger partial charge in [0.1, 0.15) is 0 Å². The zero-order chi connectivity index (χ0) is 10.2. The summed E-state index contributed by atoms with van der Waals surface area (Å²) in [5.74, 6) is 0. The Morgan fingerprint density at radius 2 is 2.07 bits per heavy atom. The summed E-state index contributed by atoms with van der Waals surface area (Å²) in [5, 5.41) is 3.23. The zero-order valence-electron chi connectivity index (χ0n) is 8.57. The van der Waals surface area contributed by atoms with Crippen molar-refractivity contribution in [1.82, 2.24) is 5.32 Å². The molecule has 0 saturated heterocycles. The minimum atomic E-state index is 0.114. The lowest BCUT2D eigenvalue weighted by atomic mass is 10.1. The Balaban J connectivity index is 2.46. The molecule has 78 valence electrons. The van der Waals surface area contributed by atoms with E-state index >= 15 is 0 Å². The molecule has 0 amide bonds. The first-order valence-electron chi connectivity index (χ1n) is 4.87. The maximum absolute atomic E-state index is 5.39. The summed E-state index contributed by atoms with van der Waals surface area (Å²) in [5.41, 5.74) is 6.59. The van der Waals surface area contributed by atoms with Crippen molar-refractivity contribution in [1.29, 1.82) is 0 Å². The lowest BCUT2D eigenvalue weighted by Crippen LogP contribution is -2.27. The highest BCUT2D eigenvalue weighted by molar-refractivity contribution is 5.17. The number of ether oxygens (including phenoxy) is 1. The van der Waals surface area contributed by atoms with Crippen molar-refractivity contribution >= 4 is 0 Å². The van der Waals surface area contributed by atoms with Crippen molar-refractivity contribution in [3.05, 3.63) is 35.9 Å². The molecule has 0 radical (unpaired) electrons. The van der Waals surface area contributed by atoms with Crippen molar-refractivity contribution in [2.75, 3.05) is 26.7 Å². The Morgan fingerprint density at radius 1 is 1.36 bits per heavy atom. The molecule has 14 heavy (non-hydrogen) atoms. The van der Waals surface area contributed by atoms with E-state index in [9.17, 15) is 0 Å². The molecule has 1 rings (SSSR count). The van der Waals surface area contributed by atoms with Crippen molar-refractivity contribution in [3.63, 3.8) is 0 Å². The fourth-order valence-corrected chi connectivity index (χ4v) is 1.34. The Kier molecular flexibility index (Phi) is 5.22. The maximum atomic E-state index is 5.39. The lowest BCUT2D eigenvalue weighted by Gasteiger charge is -2.16. The summed E-state index contributed by atoms with van der Waals surface area (Å²) in [6.45, 7) is 2.29. The Labute approximate surface area is 85.3 Å². The number of nitrogens with two attached hydrogens (primary N) is 1. The molecule has 3 N–H and O–H groups in total. The number of methoxy groups -OCH3 is 1. The topological polar surface area (TPSA) is 47.3 Å². The van der Waals surface area contributed by atoms with Gasteiger partial charge in [-0.25, -0.2) is 0 Å². The molecule has 0 aromatic heterocycles. The van der Waals surface area contributed by atoms with E-state index in [1.807, 2.05) is 18.2 Å². The predicted molar refractivity (Wildman–Crippen MR) is 58.1 cm³/mol. The molecule has 0 spiro atoms. The van der Waals surface area contributed by atoms with Crippen LogP contribution in [0.2, 0.25) is 0 Å². The molecule has 0 aliphatic carbocycles. The molecule has 1 aromatic carbocycles. The van der Waals surface area contributed by atoms with Gasteiger partial charge in [0.2, 0.25) is 0 Å². The van der Waals surface area contributed by atoms with Crippen LogP contribution < -0.4 is 11.1 Å². The predicted octanol–water partition coefficient (Wildman–Crippen LogP) is 0.922. The van der Waals surface area contributed by atoms with Crippen LogP contribution in [0.5, 0.6) is 0 Å². The first-order chi connectivity index (χ1) is 6.88. The minimum absolute atomic E-state index is 0.114. The summed E-state index contributed by atoms with van der Waals surface area (Å²) >= 11 is 0. The van der Waals surface area contributed by atoms with E-state index in [4.69, 9.17) is 10.5 Å². The Bertz CT molecular complexity index is 238. The van der Waals surface area contributed by atoms with Crippen molar-refractivity contribution in [2.24, 2.45) is 5.73 Å². The fourth-order valence-electron chi connectivity index (χ4n) is 1.34. The average molecular weight is 194 g/mol. The largest absolute Gasteiger partial charge is 0.375 e. The lowest BCUT2D eigenvalue weighted by molar-refractivity contribution is 0.103. The molecule has 3 heteroatoms. The van der Waals surface area contributed by atoms with Gasteiger partial charge in [-0.2, -0.15) is 0 Å². The monoisotopic (exact) mass is 194 g/mol. The van der Waals surface area contributed by atoms with E-state index in [1.165, 1.54) is 5.56 Å². The second-order valence-electron chi connectivity index (χ2n) is 3.13. The Morgan fingerprint density at radius 3 is 2.64 bits per heavy atom. The van der Waals surface area contributed by atoms with Gasteiger partial charge in [0.25, 0.3) is 0 Å². The number of benzene rings is 1. The van der Waals surface area contributed by atoms with Crippen LogP contribution in [0.4, 0.5) is 0 Å². The van der Waals surface area contributed by atoms with E-state index in [1.54, 1.807) is 7.11 Å². The molecule has 0 heterocycles. The van der Waals surface area contributed by atoms with Crippen LogP contribution in [-0.4, -0.2) is 26.7 Å². The third-order valence-corrected chi connectivity index (χ3v) is 2.11. The van der Waals surface area contributed by atoms with Gasteiger partial charge in [-0.1, -0.05) is 30.3 Å². The first kappa shape index (κ1) is 11.2. The van der Waals surface area contributed by atoms with Gasteiger partial charge < -0.3 is 15.8 Å². The zero-order valence-corrected chi connectivity index (χ0v) is 8.57. The summed E-state index contributed by atoms with van der Waals surface area (Å²) < 4.78 is 5.38. The van der Waals surface area contributed by atoms with Gasteiger partial charge in [0.05, 0.1) is 6.10 Å². The highest BCUT2D eigenvalue weighted by Crippen LogP contribution is 2.14. The summed E-state index contributed by atoms with van der Waals surface area (Å²) in [7, 11) is 1.72. The minimum Gasteiger partial charge on any atom is -0.375 e. The molecule has 0 aliphatic rings. The van der Waals surface area contributed by atoms with Crippen molar-refractivity contribution < 1.29 is 4.74 Å². The standard InChI is InChI=1S/C11H18N2O/c1-14-11(9-13-8-7-12)10-5-3-2-4-6-10/h2-6,11,13H,7-9,12H2,1H3. The maximum Gasteiger partial charge on any atom is 0.0945 e. The molecule has 1 atom stereocenters. The molecule has 1 aromatic rings. The molecular weight excluding hydrogens is 176 g/mol. The second kappa shape index (κ2) is 6.54. The highest BCUT2D eigenvalue weighted by atomic mass is 16.5. The number of rotatable bonds is 6. The summed E-state index contributed by atoms with van der Waals surface area (Å²) in [4.78, 5) is 0. The van der Waals surface area contributed by atoms with Crippen LogP contribution in [0.25, 0.3) is 0 Å². The SMILES string of the molecule is COC(CNCCN)c1ccccc1. The van der Waals surface area contributed by atoms with Gasteiger partial charge in [-0.3, -0.25) is 0 Å². The van der Waals surface area contributed by atoms with Crippen LogP contribution in [0.1, 0.15) is 11.7 Å². The van der Waals surface area contributed by atoms with Crippen LogP contribution in [0.3, 0.4) is 0 Å². The van der Waals surface area contributed by atoms with Gasteiger partial charge in [0.15, 0.2) is 0 Å². The summed E-state index contributed by atoms with van der Waals surface area (Å²) in [6.07, 6.45) is 0.114. The molecular formula is C11H18N2O. The number of hydrogen-bond acceptors (Lipinski definition) is 3. The Hall–Kier alpha value is -0.900. The molecule has 1 unspecified atom stereocenters. The van der Waals surface area contributed by atoms with Crippen LogP contribution in [0.15, 0.2) is 30.3 Å². The van der Waals surface area contributed by atoms with E-state index in [-0.39, 0.29) is 6.10 Å². The van der Waals surface area contributed by atoms with E-state index in [0.717, 1.165) is 13.1 Å². The molecule has 0 bridgehead atoms. The van der Waals surface area contributed by atoms with Gasteiger partial charge >= 0.3 is 0 Å². The molecule has 3 nitrogen and oxygen atoms in total. The smallest absolute Gasteiger partial charge is 0.0945 e. The molecule has 0 aliphatic heterocycles. The van der Waals surface area contributed by atoms with Crippen LogP contribution in [-0.2, 0) is 4.74 Å². The van der Waals surface area contributed by atoms with E-state index in [2.05, 4.69) is 17.4 Å². The number of nitrogens with one attached hydrogen (secondary N) is 1. The average Bonchev–Trinajstić information content (AvgIpc) is 2.26. The molecule has 0 saturated carbocycles. The quantitative estimate of drug-likeness (QED) is 0.662. The third kappa shape index (κ3) is 3.46. The van der Waals surface area contributed by atoms with Gasteiger partial charge in [-0.05, 0) is 5.56 Å². The van der Waals surface area contributed by atoms with Crippen LogP contribution >= 0.6 is 0 Å². The number of hydrogen-bond donors (Lipinski definition) is 2. The second-order valence-corrected chi connectivity index (χ2v) is 3.13. The first-order valence-corrected chi connectivity index (χ1v) is 4.87. The third-order valence-electron chi connectivity index (χ3n) is 2.11.